The van der Waals surface area contributed by atoms with Crippen molar-refractivity contribution in [2.75, 3.05) is 11.9 Å². The van der Waals surface area contributed by atoms with E-state index in [4.69, 9.17) is 9.15 Å². The van der Waals surface area contributed by atoms with E-state index in [0.29, 0.717) is 23.9 Å². The van der Waals surface area contributed by atoms with Gasteiger partial charge in [0.2, 0.25) is 5.91 Å². The Labute approximate surface area is 138 Å². The summed E-state index contributed by atoms with van der Waals surface area (Å²) in [5.41, 5.74) is -0.633. The molecule has 0 saturated carbocycles. The summed E-state index contributed by atoms with van der Waals surface area (Å²) in [7, 11) is 0. The summed E-state index contributed by atoms with van der Waals surface area (Å²) in [4.78, 5) is 22.3. The number of hydrogen-bond donors (Lipinski definition) is 1. The van der Waals surface area contributed by atoms with Crippen LogP contribution in [0.5, 0.6) is 0 Å². The molecule has 0 aromatic carbocycles. The number of nitrogens with one attached hydrogen (secondary N) is 1. The predicted octanol–water partition coefficient (Wildman–Crippen LogP) is 2.42. The average Bonchev–Trinajstić information content (AvgIpc) is 2.88. The van der Waals surface area contributed by atoms with Gasteiger partial charge in [-0.05, 0) is 31.4 Å². The largest absolute Gasteiger partial charge is 0.463 e. The van der Waals surface area contributed by atoms with Gasteiger partial charge < -0.3 is 14.5 Å². The van der Waals surface area contributed by atoms with Crippen molar-refractivity contribution in [2.45, 2.75) is 39.2 Å². The highest BCUT2D eigenvalue weighted by Gasteiger charge is 2.27. The summed E-state index contributed by atoms with van der Waals surface area (Å²) in [6.07, 6.45) is 1.19. The van der Waals surface area contributed by atoms with Crippen LogP contribution >= 0.6 is 15.9 Å². The maximum Gasteiger partial charge on any atom is 0.302 e. The maximum absolute atomic E-state index is 11.3. The van der Waals surface area contributed by atoms with Gasteiger partial charge in [0.25, 0.3) is 0 Å². The summed E-state index contributed by atoms with van der Waals surface area (Å²) >= 11 is 3.23. The number of halogens is 1. The van der Waals surface area contributed by atoms with Crippen LogP contribution in [0.1, 0.15) is 38.7 Å². The molecule has 22 heavy (non-hydrogen) atoms. The number of ether oxygens (including phenoxy) is 1. The second-order valence-electron chi connectivity index (χ2n) is 5.22. The molecule has 0 bridgehead atoms. The number of aryl methyl sites for hydroxylation is 1. The third-order valence-corrected chi connectivity index (χ3v) is 3.22. The van der Waals surface area contributed by atoms with E-state index in [9.17, 15) is 9.59 Å². The first-order valence-corrected chi connectivity index (χ1v) is 8.02. The zero-order valence-electron chi connectivity index (χ0n) is 13.0. The van der Waals surface area contributed by atoms with Crippen molar-refractivity contribution in [1.29, 1.82) is 0 Å². The first-order chi connectivity index (χ1) is 10.3. The van der Waals surface area contributed by atoms with Crippen LogP contribution in [-0.4, -0.2) is 29.4 Å². The molecule has 0 radical (unpaired) electrons. The summed E-state index contributed by atoms with van der Waals surface area (Å²) in [5.74, 6) is 6.59. The molecular formula is C16H20BrNO4. The maximum atomic E-state index is 11.3. The first-order valence-electron chi connectivity index (χ1n) is 6.90. The van der Waals surface area contributed by atoms with E-state index in [1.807, 2.05) is 19.1 Å². The summed E-state index contributed by atoms with van der Waals surface area (Å²) < 4.78 is 10.6. The van der Waals surface area contributed by atoms with Crippen molar-refractivity contribution in [3.8, 4) is 11.8 Å². The molecule has 1 amide bonds. The Hall–Kier alpha value is -1.74. The average molecular weight is 370 g/mol. The van der Waals surface area contributed by atoms with Gasteiger partial charge in [-0.1, -0.05) is 21.9 Å². The summed E-state index contributed by atoms with van der Waals surface area (Å²) in [6, 6.07) is 3.67. The van der Waals surface area contributed by atoms with Crippen molar-refractivity contribution >= 4 is 27.8 Å². The quantitative estimate of drug-likeness (QED) is 0.474. The van der Waals surface area contributed by atoms with Crippen molar-refractivity contribution in [3.05, 3.63) is 23.7 Å². The van der Waals surface area contributed by atoms with Crippen molar-refractivity contribution in [2.24, 2.45) is 0 Å². The lowest BCUT2D eigenvalue weighted by Gasteiger charge is -2.29. The molecule has 1 aromatic heterocycles. The van der Waals surface area contributed by atoms with E-state index >= 15 is 0 Å². The molecule has 120 valence electrons. The Morgan fingerprint density at radius 2 is 2.14 bits per heavy atom. The highest BCUT2D eigenvalue weighted by molar-refractivity contribution is 9.09. The van der Waals surface area contributed by atoms with Crippen LogP contribution in [0.3, 0.4) is 0 Å². The van der Waals surface area contributed by atoms with E-state index in [1.165, 1.54) is 13.8 Å². The minimum atomic E-state index is -0.633. The Morgan fingerprint density at radius 3 is 2.73 bits per heavy atom. The van der Waals surface area contributed by atoms with Gasteiger partial charge in [-0.2, -0.15) is 0 Å². The van der Waals surface area contributed by atoms with Gasteiger partial charge >= 0.3 is 5.97 Å². The molecule has 0 aliphatic rings. The molecule has 0 unspecified atom stereocenters. The Balaban J connectivity index is 2.67. The number of hydrogen-bond acceptors (Lipinski definition) is 4. The van der Waals surface area contributed by atoms with Crippen LogP contribution in [-0.2, 0) is 20.7 Å². The number of furan rings is 1. The Morgan fingerprint density at radius 1 is 1.41 bits per heavy atom. The number of carbonyl (C=O) groups excluding carboxylic acids is 2. The molecule has 0 spiro atoms. The number of alkyl halides is 1. The standard InChI is InChI=1S/C16H20BrNO4/c1-12(19)18-16(3,11-21-13(2)20)9-8-15-7-6-14(22-15)5-4-10-17/h6-7H,8-11H2,1-3H3,(H,18,19)/t16-/m1/s1. The number of amides is 1. The molecule has 1 aromatic rings. The minimum absolute atomic E-state index is 0.124. The predicted molar refractivity (Wildman–Crippen MR) is 86.6 cm³/mol. The monoisotopic (exact) mass is 369 g/mol. The summed E-state index contributed by atoms with van der Waals surface area (Å²) in [6.45, 7) is 4.74. The molecule has 0 fully saturated rings. The third-order valence-electron chi connectivity index (χ3n) is 2.94. The SMILES string of the molecule is CC(=O)N[C@](C)(CCc1ccc(C#CCBr)o1)COC(C)=O. The highest BCUT2D eigenvalue weighted by Crippen LogP contribution is 2.17. The molecule has 0 saturated heterocycles. The van der Waals surface area contributed by atoms with Crippen molar-refractivity contribution < 1.29 is 18.7 Å². The van der Waals surface area contributed by atoms with Gasteiger partial charge in [0.05, 0.1) is 10.9 Å². The molecule has 6 heteroatoms. The summed E-state index contributed by atoms with van der Waals surface area (Å²) in [5, 5.41) is 3.42. The van der Waals surface area contributed by atoms with E-state index in [-0.39, 0.29) is 18.5 Å². The molecule has 0 aliphatic carbocycles. The molecular weight excluding hydrogens is 350 g/mol. The number of carbonyl (C=O) groups is 2. The van der Waals surface area contributed by atoms with E-state index < -0.39 is 5.54 Å². The zero-order chi connectivity index (χ0) is 16.6. The number of esters is 1. The smallest absolute Gasteiger partial charge is 0.302 e. The van der Waals surface area contributed by atoms with Crippen LogP contribution in [0.4, 0.5) is 0 Å². The van der Waals surface area contributed by atoms with Crippen molar-refractivity contribution in [1.82, 2.24) is 5.32 Å². The van der Waals surface area contributed by atoms with Gasteiger partial charge in [-0.15, -0.1) is 0 Å². The lowest BCUT2D eigenvalue weighted by molar-refractivity contribution is -0.144. The fourth-order valence-electron chi connectivity index (χ4n) is 1.96. The fraction of sp³-hybridized carbons (Fsp3) is 0.500. The van der Waals surface area contributed by atoms with E-state index in [1.54, 1.807) is 0 Å². The molecule has 0 aliphatic heterocycles. The van der Waals surface area contributed by atoms with Crippen molar-refractivity contribution in [3.63, 3.8) is 0 Å². The first kappa shape index (κ1) is 18.3. The zero-order valence-corrected chi connectivity index (χ0v) is 14.6. The van der Waals surface area contributed by atoms with Gasteiger partial charge in [0.15, 0.2) is 5.76 Å². The van der Waals surface area contributed by atoms with Gasteiger partial charge in [0, 0.05) is 20.3 Å². The van der Waals surface area contributed by atoms with Gasteiger partial charge in [-0.25, -0.2) is 0 Å². The topological polar surface area (TPSA) is 68.5 Å². The molecule has 5 nitrogen and oxygen atoms in total. The van der Waals surface area contributed by atoms with Crippen LogP contribution in [0, 0.1) is 11.8 Å². The second kappa shape index (κ2) is 8.64. The van der Waals surface area contributed by atoms with Crippen LogP contribution in [0.15, 0.2) is 16.5 Å². The van der Waals surface area contributed by atoms with Crippen LogP contribution < -0.4 is 5.32 Å². The van der Waals surface area contributed by atoms with E-state index in [0.717, 1.165) is 5.76 Å². The lowest BCUT2D eigenvalue weighted by atomic mass is 9.96. The number of rotatable bonds is 6. The second-order valence-corrected chi connectivity index (χ2v) is 5.78. The van der Waals surface area contributed by atoms with Gasteiger partial charge in [-0.3, -0.25) is 9.59 Å². The normalized spacial score (nSPS) is 12.7. The minimum Gasteiger partial charge on any atom is -0.463 e. The highest BCUT2D eigenvalue weighted by atomic mass is 79.9. The molecule has 1 atom stereocenters. The van der Waals surface area contributed by atoms with E-state index in [2.05, 4.69) is 33.1 Å². The molecule has 1 rings (SSSR count). The van der Waals surface area contributed by atoms with Gasteiger partial charge in [0.1, 0.15) is 12.4 Å². The van der Waals surface area contributed by atoms with Crippen LogP contribution in [0.2, 0.25) is 0 Å². The third kappa shape index (κ3) is 6.81. The molecule has 1 heterocycles. The Kier molecular flexibility index (Phi) is 7.19. The van der Waals surface area contributed by atoms with Crippen LogP contribution in [0.25, 0.3) is 0 Å². The fourth-order valence-corrected chi connectivity index (χ4v) is 2.10. The Bertz CT molecular complexity index is 584. The molecule has 1 N–H and O–H groups in total. The lowest BCUT2D eigenvalue weighted by Crippen LogP contribution is -2.49.